The number of hydrogen-bond acceptors (Lipinski definition) is 1. The molecule has 0 heterocycles. The van der Waals surface area contributed by atoms with Gasteiger partial charge in [-0.3, -0.25) is 0 Å². The van der Waals surface area contributed by atoms with Crippen LogP contribution in [0, 0.1) is 5.41 Å². The first-order valence-electron chi connectivity index (χ1n) is 5.60. The van der Waals surface area contributed by atoms with E-state index in [1.54, 1.807) is 0 Å². The van der Waals surface area contributed by atoms with Gasteiger partial charge < -0.3 is 5.41 Å². The summed E-state index contributed by atoms with van der Waals surface area (Å²) in [7, 11) is 0. The van der Waals surface area contributed by atoms with E-state index < -0.39 is 0 Å². The molecule has 0 aliphatic heterocycles. The van der Waals surface area contributed by atoms with Gasteiger partial charge in [-0.25, -0.2) is 0 Å². The molecule has 0 aliphatic rings. The lowest BCUT2D eigenvalue weighted by molar-refractivity contribution is 0.585. The van der Waals surface area contributed by atoms with Gasteiger partial charge in [-0.05, 0) is 23.0 Å². The molecule has 0 bridgehead atoms. The lowest BCUT2D eigenvalue weighted by atomic mass is 9.82. The highest BCUT2D eigenvalue weighted by atomic mass is 14.4. The molecule has 1 aromatic rings. The Kier molecular flexibility index (Phi) is 3.67. The average molecular weight is 203 g/mol. The zero-order valence-corrected chi connectivity index (χ0v) is 10.2. The van der Waals surface area contributed by atoms with E-state index in [2.05, 4.69) is 45.0 Å². The summed E-state index contributed by atoms with van der Waals surface area (Å²) < 4.78 is 0. The number of nitrogens with one attached hydrogen (secondary N) is 1. The maximum Gasteiger partial charge on any atom is 0.0130 e. The first kappa shape index (κ1) is 12.0. The predicted molar refractivity (Wildman–Crippen MR) is 66.9 cm³/mol. The maximum absolute atomic E-state index is 7.78. The van der Waals surface area contributed by atoms with E-state index >= 15 is 0 Å². The fourth-order valence-electron chi connectivity index (χ4n) is 1.76. The number of hydrogen-bond donors (Lipinski definition) is 1. The Labute approximate surface area is 93.0 Å². The lowest BCUT2D eigenvalue weighted by Gasteiger charge is -2.22. The van der Waals surface area contributed by atoms with Crippen LogP contribution < -0.4 is 0 Å². The van der Waals surface area contributed by atoms with Crippen molar-refractivity contribution in [1.82, 2.24) is 0 Å². The Hall–Kier alpha value is -1.11. The van der Waals surface area contributed by atoms with Crippen LogP contribution in [0.15, 0.2) is 24.3 Å². The molecule has 0 atom stereocenters. The molecule has 15 heavy (non-hydrogen) atoms. The number of benzene rings is 1. The molecule has 0 amide bonds. The lowest BCUT2D eigenvalue weighted by Crippen LogP contribution is -2.15. The van der Waals surface area contributed by atoms with Gasteiger partial charge in [-0.15, -0.1) is 0 Å². The summed E-state index contributed by atoms with van der Waals surface area (Å²) >= 11 is 0. The normalized spacial score (nSPS) is 11.5. The standard InChI is InChI=1S/C14H21N/c1-5-12(15)10-11-8-6-7-9-13(11)14(2,3)4/h6-9,15H,5,10H2,1-4H3. The molecule has 0 unspecified atom stereocenters. The first-order valence-corrected chi connectivity index (χ1v) is 5.60. The van der Waals surface area contributed by atoms with Crippen molar-refractivity contribution in [3.8, 4) is 0 Å². The zero-order chi connectivity index (χ0) is 11.5. The highest BCUT2D eigenvalue weighted by molar-refractivity contribution is 5.83. The first-order chi connectivity index (χ1) is 6.95. The minimum absolute atomic E-state index is 0.171. The second kappa shape index (κ2) is 4.61. The molecule has 1 heteroatoms. The summed E-state index contributed by atoms with van der Waals surface area (Å²) in [6.45, 7) is 8.71. The topological polar surface area (TPSA) is 23.9 Å². The van der Waals surface area contributed by atoms with Crippen LogP contribution >= 0.6 is 0 Å². The second-order valence-corrected chi connectivity index (χ2v) is 5.04. The zero-order valence-electron chi connectivity index (χ0n) is 10.2. The Morgan fingerprint density at radius 2 is 1.80 bits per heavy atom. The summed E-state index contributed by atoms with van der Waals surface area (Å²) in [4.78, 5) is 0. The Morgan fingerprint density at radius 1 is 1.20 bits per heavy atom. The minimum Gasteiger partial charge on any atom is -0.309 e. The van der Waals surface area contributed by atoms with Crippen LogP contribution in [0.2, 0.25) is 0 Å². The highest BCUT2D eigenvalue weighted by Gasteiger charge is 2.17. The van der Waals surface area contributed by atoms with Gasteiger partial charge in [0.05, 0.1) is 0 Å². The van der Waals surface area contributed by atoms with E-state index in [1.165, 1.54) is 11.1 Å². The molecule has 82 valence electrons. The second-order valence-electron chi connectivity index (χ2n) is 5.04. The molecule has 1 N–H and O–H groups in total. The van der Waals surface area contributed by atoms with E-state index in [-0.39, 0.29) is 5.41 Å². The monoisotopic (exact) mass is 203 g/mol. The predicted octanol–water partition coefficient (Wildman–Crippen LogP) is 3.96. The van der Waals surface area contributed by atoms with Crippen molar-refractivity contribution in [3.63, 3.8) is 0 Å². The van der Waals surface area contributed by atoms with E-state index in [1.807, 2.05) is 6.92 Å². The largest absolute Gasteiger partial charge is 0.309 e. The van der Waals surface area contributed by atoms with Crippen LogP contribution in [0.4, 0.5) is 0 Å². The van der Waals surface area contributed by atoms with E-state index in [4.69, 9.17) is 5.41 Å². The third kappa shape index (κ3) is 3.19. The molecule has 0 aliphatic carbocycles. The molecule has 0 saturated carbocycles. The van der Waals surface area contributed by atoms with Crippen LogP contribution in [-0.4, -0.2) is 5.71 Å². The molecule has 0 saturated heterocycles. The van der Waals surface area contributed by atoms with Gasteiger partial charge in [0.25, 0.3) is 0 Å². The number of rotatable bonds is 3. The van der Waals surface area contributed by atoms with Crippen LogP contribution in [-0.2, 0) is 11.8 Å². The maximum atomic E-state index is 7.78. The molecule has 1 nitrogen and oxygen atoms in total. The summed E-state index contributed by atoms with van der Waals surface area (Å²) in [5, 5.41) is 7.78. The third-order valence-corrected chi connectivity index (χ3v) is 2.66. The van der Waals surface area contributed by atoms with E-state index in [0.29, 0.717) is 0 Å². The molecular formula is C14H21N. The van der Waals surface area contributed by atoms with E-state index in [0.717, 1.165) is 18.6 Å². The summed E-state index contributed by atoms with van der Waals surface area (Å²) in [5.74, 6) is 0. The van der Waals surface area contributed by atoms with Crippen molar-refractivity contribution in [3.05, 3.63) is 35.4 Å². The molecule has 0 fully saturated rings. The van der Waals surface area contributed by atoms with Crippen molar-refractivity contribution in [2.45, 2.75) is 46.0 Å². The van der Waals surface area contributed by atoms with Gasteiger partial charge in [0.1, 0.15) is 0 Å². The van der Waals surface area contributed by atoms with Gasteiger partial charge >= 0.3 is 0 Å². The highest BCUT2D eigenvalue weighted by Crippen LogP contribution is 2.26. The van der Waals surface area contributed by atoms with Gasteiger partial charge in [0.15, 0.2) is 0 Å². The smallest absolute Gasteiger partial charge is 0.0130 e. The van der Waals surface area contributed by atoms with Gasteiger partial charge in [-0.2, -0.15) is 0 Å². The van der Waals surface area contributed by atoms with Gasteiger partial charge in [-0.1, -0.05) is 52.0 Å². The summed E-state index contributed by atoms with van der Waals surface area (Å²) in [6.07, 6.45) is 1.64. The average Bonchev–Trinajstić information content (AvgIpc) is 2.17. The minimum atomic E-state index is 0.171. The molecule has 1 rings (SSSR count). The van der Waals surface area contributed by atoms with Gasteiger partial charge in [0, 0.05) is 12.1 Å². The SMILES string of the molecule is CCC(=N)Cc1ccccc1C(C)(C)C. The molecule has 0 aromatic heterocycles. The summed E-state index contributed by atoms with van der Waals surface area (Å²) in [6, 6.07) is 8.47. The van der Waals surface area contributed by atoms with Crippen molar-refractivity contribution in [2.75, 3.05) is 0 Å². The van der Waals surface area contributed by atoms with E-state index in [9.17, 15) is 0 Å². The van der Waals surface area contributed by atoms with Crippen LogP contribution in [0.5, 0.6) is 0 Å². The Bertz CT molecular complexity index is 345. The Morgan fingerprint density at radius 3 is 2.33 bits per heavy atom. The van der Waals surface area contributed by atoms with Crippen LogP contribution in [0.25, 0.3) is 0 Å². The Balaban J connectivity index is 3.02. The van der Waals surface area contributed by atoms with Crippen LogP contribution in [0.1, 0.15) is 45.2 Å². The molecule has 0 spiro atoms. The quantitative estimate of drug-likeness (QED) is 0.719. The fourth-order valence-corrected chi connectivity index (χ4v) is 1.76. The summed E-state index contributed by atoms with van der Waals surface area (Å²) in [5.41, 5.74) is 3.65. The van der Waals surface area contributed by atoms with Gasteiger partial charge in [0.2, 0.25) is 0 Å². The van der Waals surface area contributed by atoms with Crippen LogP contribution in [0.3, 0.4) is 0 Å². The molecule has 1 aromatic carbocycles. The van der Waals surface area contributed by atoms with Crippen molar-refractivity contribution in [1.29, 1.82) is 5.41 Å². The molecule has 0 radical (unpaired) electrons. The van der Waals surface area contributed by atoms with Crippen molar-refractivity contribution >= 4 is 5.71 Å². The van der Waals surface area contributed by atoms with Crippen molar-refractivity contribution < 1.29 is 0 Å². The van der Waals surface area contributed by atoms with Crippen molar-refractivity contribution in [2.24, 2.45) is 0 Å². The third-order valence-electron chi connectivity index (χ3n) is 2.66. The fraction of sp³-hybridized carbons (Fsp3) is 0.500. The molecular weight excluding hydrogens is 182 g/mol.